The van der Waals surface area contributed by atoms with E-state index in [0.717, 1.165) is 36.6 Å². The number of aromatic nitrogens is 1. The Morgan fingerprint density at radius 1 is 1.40 bits per heavy atom. The van der Waals surface area contributed by atoms with E-state index in [9.17, 15) is 5.11 Å². The van der Waals surface area contributed by atoms with Gasteiger partial charge in [-0.05, 0) is 39.8 Å². The number of piperidine rings is 1. The van der Waals surface area contributed by atoms with Crippen molar-refractivity contribution in [1.29, 1.82) is 0 Å². The number of rotatable bonds is 2. The quantitative estimate of drug-likeness (QED) is 0.801. The minimum atomic E-state index is -0.526. The molecule has 1 aliphatic heterocycles. The molecule has 0 radical (unpaired) electrons. The van der Waals surface area contributed by atoms with Crippen molar-refractivity contribution < 1.29 is 5.11 Å². The smallest absolute Gasteiger partial charge is 0.0959 e. The standard InChI is InChI=1S/C11H18N2OS/c1-8-9(2)15-10(13-8)7-11(14)3-5-12-6-4-11/h12,14H,3-7H2,1-2H3. The lowest BCUT2D eigenvalue weighted by molar-refractivity contribution is 0.0108. The summed E-state index contributed by atoms with van der Waals surface area (Å²) in [6.07, 6.45) is 2.39. The van der Waals surface area contributed by atoms with Gasteiger partial charge in [0.1, 0.15) is 0 Å². The summed E-state index contributed by atoms with van der Waals surface area (Å²) in [6.45, 7) is 5.95. The molecule has 0 saturated carbocycles. The first-order valence-electron chi connectivity index (χ1n) is 5.45. The zero-order valence-corrected chi connectivity index (χ0v) is 10.2. The third-order valence-corrected chi connectivity index (χ3v) is 4.16. The molecule has 1 saturated heterocycles. The van der Waals surface area contributed by atoms with Crippen LogP contribution in [0.3, 0.4) is 0 Å². The molecule has 1 aliphatic rings. The van der Waals surface area contributed by atoms with Crippen LogP contribution < -0.4 is 5.32 Å². The molecule has 0 unspecified atom stereocenters. The van der Waals surface area contributed by atoms with Crippen molar-refractivity contribution in [1.82, 2.24) is 10.3 Å². The molecule has 2 heterocycles. The highest BCUT2D eigenvalue weighted by Gasteiger charge is 2.30. The first-order valence-corrected chi connectivity index (χ1v) is 6.27. The van der Waals surface area contributed by atoms with E-state index in [1.54, 1.807) is 11.3 Å². The van der Waals surface area contributed by atoms with Crippen LogP contribution in [-0.2, 0) is 6.42 Å². The number of nitrogens with zero attached hydrogens (tertiary/aromatic N) is 1. The zero-order valence-electron chi connectivity index (χ0n) is 9.34. The van der Waals surface area contributed by atoms with Crippen molar-refractivity contribution in [3.63, 3.8) is 0 Å². The number of thiazole rings is 1. The van der Waals surface area contributed by atoms with Crippen LogP contribution in [0.15, 0.2) is 0 Å². The highest BCUT2D eigenvalue weighted by Crippen LogP contribution is 2.26. The molecule has 0 amide bonds. The van der Waals surface area contributed by atoms with Gasteiger partial charge in [0, 0.05) is 11.3 Å². The third kappa shape index (κ3) is 2.56. The molecule has 15 heavy (non-hydrogen) atoms. The van der Waals surface area contributed by atoms with Crippen molar-refractivity contribution in [2.24, 2.45) is 0 Å². The second kappa shape index (κ2) is 4.20. The zero-order chi connectivity index (χ0) is 10.9. The fraction of sp³-hybridized carbons (Fsp3) is 0.727. The Balaban J connectivity index is 2.06. The average molecular weight is 226 g/mol. The predicted molar refractivity (Wildman–Crippen MR) is 62.3 cm³/mol. The van der Waals surface area contributed by atoms with Gasteiger partial charge >= 0.3 is 0 Å². The second-order valence-electron chi connectivity index (χ2n) is 4.40. The molecule has 0 aromatic carbocycles. The Kier molecular flexibility index (Phi) is 3.09. The van der Waals surface area contributed by atoms with Gasteiger partial charge in [-0.25, -0.2) is 4.98 Å². The Bertz CT molecular complexity index is 323. The van der Waals surface area contributed by atoms with Crippen LogP contribution in [-0.4, -0.2) is 28.8 Å². The normalized spacial score (nSPS) is 20.5. The Labute approximate surface area is 94.5 Å². The first-order chi connectivity index (χ1) is 7.09. The summed E-state index contributed by atoms with van der Waals surface area (Å²) >= 11 is 1.72. The number of nitrogens with one attached hydrogen (secondary N) is 1. The molecule has 2 N–H and O–H groups in total. The first kappa shape index (κ1) is 11.0. The highest BCUT2D eigenvalue weighted by atomic mass is 32.1. The molecule has 0 atom stereocenters. The molecule has 4 heteroatoms. The number of aliphatic hydroxyl groups is 1. The lowest BCUT2D eigenvalue weighted by Crippen LogP contribution is -2.43. The van der Waals surface area contributed by atoms with Crippen LogP contribution in [0.25, 0.3) is 0 Å². The van der Waals surface area contributed by atoms with E-state index >= 15 is 0 Å². The molecule has 2 rings (SSSR count). The molecule has 0 bridgehead atoms. The summed E-state index contributed by atoms with van der Waals surface area (Å²) in [6, 6.07) is 0. The molecule has 0 spiro atoms. The van der Waals surface area contributed by atoms with Crippen molar-refractivity contribution in [2.45, 2.75) is 38.7 Å². The third-order valence-electron chi connectivity index (χ3n) is 3.09. The van der Waals surface area contributed by atoms with E-state index in [4.69, 9.17) is 0 Å². The monoisotopic (exact) mass is 226 g/mol. The Morgan fingerprint density at radius 3 is 2.60 bits per heavy atom. The van der Waals surface area contributed by atoms with E-state index in [1.807, 2.05) is 6.92 Å². The maximum atomic E-state index is 10.4. The van der Waals surface area contributed by atoms with Crippen molar-refractivity contribution in [3.8, 4) is 0 Å². The van der Waals surface area contributed by atoms with Gasteiger partial charge in [-0.2, -0.15) is 0 Å². The molecule has 1 fully saturated rings. The van der Waals surface area contributed by atoms with Gasteiger partial charge in [0.15, 0.2) is 0 Å². The second-order valence-corrected chi connectivity index (χ2v) is 5.69. The molecule has 1 aromatic heterocycles. The highest BCUT2D eigenvalue weighted by molar-refractivity contribution is 7.11. The van der Waals surface area contributed by atoms with E-state index in [2.05, 4.69) is 17.2 Å². The van der Waals surface area contributed by atoms with Gasteiger partial charge in [0.25, 0.3) is 0 Å². The summed E-state index contributed by atoms with van der Waals surface area (Å²) < 4.78 is 0. The summed E-state index contributed by atoms with van der Waals surface area (Å²) in [5, 5.41) is 14.7. The minimum Gasteiger partial charge on any atom is -0.389 e. The van der Waals surface area contributed by atoms with Gasteiger partial charge in [-0.1, -0.05) is 0 Å². The summed E-state index contributed by atoms with van der Waals surface area (Å²) in [7, 11) is 0. The number of hydrogen-bond donors (Lipinski definition) is 2. The van der Waals surface area contributed by atoms with Crippen LogP contribution in [0.2, 0.25) is 0 Å². The molecule has 84 valence electrons. The maximum absolute atomic E-state index is 10.4. The van der Waals surface area contributed by atoms with Gasteiger partial charge in [0.2, 0.25) is 0 Å². The van der Waals surface area contributed by atoms with Gasteiger partial charge < -0.3 is 10.4 Å². The van der Waals surface area contributed by atoms with Crippen molar-refractivity contribution in [2.75, 3.05) is 13.1 Å². The lowest BCUT2D eigenvalue weighted by atomic mass is 9.89. The van der Waals surface area contributed by atoms with Crippen LogP contribution >= 0.6 is 11.3 Å². The fourth-order valence-electron chi connectivity index (χ4n) is 1.97. The van der Waals surface area contributed by atoms with Crippen LogP contribution in [0.5, 0.6) is 0 Å². The predicted octanol–water partition coefficient (Wildman–Crippen LogP) is 1.42. The van der Waals surface area contributed by atoms with Crippen LogP contribution in [0.4, 0.5) is 0 Å². The molecule has 1 aromatic rings. The van der Waals surface area contributed by atoms with Crippen molar-refractivity contribution >= 4 is 11.3 Å². The maximum Gasteiger partial charge on any atom is 0.0959 e. The van der Waals surface area contributed by atoms with Crippen LogP contribution in [0, 0.1) is 13.8 Å². The summed E-state index contributed by atoms with van der Waals surface area (Å²) in [5.74, 6) is 0. The summed E-state index contributed by atoms with van der Waals surface area (Å²) in [4.78, 5) is 5.75. The molecular weight excluding hydrogens is 208 g/mol. The van der Waals surface area contributed by atoms with Gasteiger partial charge in [-0.15, -0.1) is 11.3 Å². The Morgan fingerprint density at radius 2 is 2.07 bits per heavy atom. The molecule has 3 nitrogen and oxygen atoms in total. The topological polar surface area (TPSA) is 45.2 Å². The van der Waals surface area contributed by atoms with E-state index in [1.165, 1.54) is 4.88 Å². The van der Waals surface area contributed by atoms with E-state index < -0.39 is 5.60 Å². The SMILES string of the molecule is Cc1nc(CC2(O)CCNCC2)sc1C. The van der Waals surface area contributed by atoms with Gasteiger partial charge in [0.05, 0.1) is 16.3 Å². The largest absolute Gasteiger partial charge is 0.389 e. The lowest BCUT2D eigenvalue weighted by Gasteiger charge is -2.31. The fourth-order valence-corrected chi connectivity index (χ4v) is 3.04. The number of hydrogen-bond acceptors (Lipinski definition) is 4. The molecular formula is C11H18N2OS. The minimum absolute atomic E-state index is 0.526. The number of aryl methyl sites for hydroxylation is 2. The average Bonchev–Trinajstić information content (AvgIpc) is 2.46. The van der Waals surface area contributed by atoms with E-state index in [0.29, 0.717) is 6.42 Å². The van der Waals surface area contributed by atoms with Gasteiger partial charge in [-0.3, -0.25) is 0 Å². The van der Waals surface area contributed by atoms with Crippen molar-refractivity contribution in [3.05, 3.63) is 15.6 Å². The molecule has 0 aliphatic carbocycles. The summed E-state index contributed by atoms with van der Waals surface area (Å²) in [5.41, 5.74) is 0.578. The van der Waals surface area contributed by atoms with E-state index in [-0.39, 0.29) is 0 Å². The van der Waals surface area contributed by atoms with Crippen LogP contribution in [0.1, 0.15) is 28.4 Å². The Hall–Kier alpha value is -0.450.